The molecule has 1 saturated heterocycles. The zero-order valence-electron chi connectivity index (χ0n) is 18.7. The number of amidine groups is 2. The van der Waals surface area contributed by atoms with Crippen molar-refractivity contribution in [3.63, 3.8) is 0 Å². The molecule has 164 valence electrons. The van der Waals surface area contributed by atoms with Crippen molar-refractivity contribution in [2.45, 2.75) is 52.6 Å². The largest absolute Gasteiger partial charge is 0.321 e. The van der Waals surface area contributed by atoms with Gasteiger partial charge in [0.15, 0.2) is 0 Å². The minimum Gasteiger partial charge on any atom is -0.321 e. The lowest BCUT2D eigenvalue weighted by Gasteiger charge is -2.31. The molecule has 0 saturated carbocycles. The molecule has 1 amide bonds. The Balaban J connectivity index is 1.58. The number of hydrogen-bond donors (Lipinski definition) is 3. The van der Waals surface area contributed by atoms with E-state index in [-0.39, 0.29) is 5.91 Å². The first kappa shape index (κ1) is 22.6. The summed E-state index contributed by atoms with van der Waals surface area (Å²) in [4.78, 5) is 21.1. The minimum atomic E-state index is -0.280. The number of amides is 1. The van der Waals surface area contributed by atoms with Gasteiger partial charge in [-0.2, -0.15) is 0 Å². The molecule has 1 fully saturated rings. The van der Waals surface area contributed by atoms with Crippen molar-refractivity contribution in [3.8, 4) is 0 Å². The first-order chi connectivity index (χ1) is 14.8. The van der Waals surface area contributed by atoms with Crippen molar-refractivity contribution >= 4 is 17.6 Å². The highest BCUT2D eigenvalue weighted by molar-refractivity contribution is 6.07. The zero-order valence-corrected chi connectivity index (χ0v) is 18.7. The molecule has 31 heavy (non-hydrogen) atoms. The van der Waals surface area contributed by atoms with Gasteiger partial charge in [0.05, 0.1) is 0 Å². The van der Waals surface area contributed by atoms with E-state index in [1.165, 1.54) is 5.56 Å². The molecule has 2 aliphatic heterocycles. The number of aromatic nitrogens is 1. The Bertz CT molecular complexity index is 959. The fourth-order valence-electron chi connectivity index (χ4n) is 3.80. The molecule has 3 heterocycles. The SMILES string of the molecule is C=C(/C=C\C=C(/C)C(=N)N1CCCC1=N)NC(=O)c1cc2c(cn1)CCN(C(C)C)C2. The topological polar surface area (TPSA) is 96.2 Å². The summed E-state index contributed by atoms with van der Waals surface area (Å²) < 4.78 is 0. The van der Waals surface area contributed by atoms with Gasteiger partial charge in [0.25, 0.3) is 5.91 Å². The van der Waals surface area contributed by atoms with E-state index in [0.29, 0.717) is 29.1 Å². The molecule has 0 spiro atoms. The fraction of sp³-hybridized carbons (Fsp3) is 0.417. The molecule has 2 aliphatic rings. The summed E-state index contributed by atoms with van der Waals surface area (Å²) in [6.45, 7) is 12.7. The van der Waals surface area contributed by atoms with E-state index in [1.54, 1.807) is 23.1 Å². The third-order valence-corrected chi connectivity index (χ3v) is 5.77. The Morgan fingerprint density at radius 1 is 1.29 bits per heavy atom. The Hall–Kier alpha value is -3.06. The van der Waals surface area contributed by atoms with E-state index in [0.717, 1.165) is 50.0 Å². The van der Waals surface area contributed by atoms with Crippen LogP contribution in [0.15, 0.2) is 48.3 Å². The molecule has 7 heteroatoms. The van der Waals surface area contributed by atoms with E-state index < -0.39 is 0 Å². The number of likely N-dealkylation sites (tertiary alicyclic amines) is 1. The van der Waals surface area contributed by atoms with Gasteiger partial charge in [-0.3, -0.25) is 25.5 Å². The van der Waals surface area contributed by atoms with Crippen LogP contribution in [0.2, 0.25) is 0 Å². The number of carbonyl (C=O) groups is 1. The molecule has 7 nitrogen and oxygen atoms in total. The van der Waals surface area contributed by atoms with Crippen molar-refractivity contribution in [2.24, 2.45) is 0 Å². The first-order valence-electron chi connectivity index (χ1n) is 10.8. The van der Waals surface area contributed by atoms with Gasteiger partial charge in [-0.25, -0.2) is 0 Å². The van der Waals surface area contributed by atoms with Crippen molar-refractivity contribution in [3.05, 3.63) is 65.2 Å². The smallest absolute Gasteiger partial charge is 0.274 e. The highest BCUT2D eigenvalue weighted by atomic mass is 16.1. The van der Waals surface area contributed by atoms with Crippen LogP contribution in [0.1, 0.15) is 55.2 Å². The van der Waals surface area contributed by atoms with Crippen molar-refractivity contribution in [1.82, 2.24) is 20.1 Å². The second-order valence-corrected chi connectivity index (χ2v) is 8.39. The molecule has 3 rings (SSSR count). The highest BCUT2D eigenvalue weighted by Crippen LogP contribution is 2.20. The number of hydrogen-bond acceptors (Lipinski definition) is 5. The molecule has 0 unspecified atom stereocenters. The number of allylic oxidation sites excluding steroid dienone is 3. The van der Waals surface area contributed by atoms with Gasteiger partial charge in [-0.1, -0.05) is 18.7 Å². The number of rotatable bonds is 6. The minimum absolute atomic E-state index is 0.280. The van der Waals surface area contributed by atoms with Crippen molar-refractivity contribution in [2.75, 3.05) is 13.1 Å². The van der Waals surface area contributed by atoms with E-state index in [4.69, 9.17) is 10.8 Å². The quantitative estimate of drug-likeness (QED) is 0.372. The lowest BCUT2D eigenvalue weighted by atomic mass is 10.00. The van der Waals surface area contributed by atoms with Crippen LogP contribution in [0.25, 0.3) is 0 Å². The molecular formula is C24H32N6O. The van der Waals surface area contributed by atoms with Crippen LogP contribution in [0, 0.1) is 10.8 Å². The van der Waals surface area contributed by atoms with Crippen LogP contribution in [0.5, 0.6) is 0 Å². The van der Waals surface area contributed by atoms with Gasteiger partial charge >= 0.3 is 0 Å². The normalized spacial score (nSPS) is 17.4. The predicted molar refractivity (Wildman–Crippen MR) is 124 cm³/mol. The second-order valence-electron chi connectivity index (χ2n) is 8.39. The van der Waals surface area contributed by atoms with Gasteiger partial charge < -0.3 is 10.2 Å². The fourth-order valence-corrected chi connectivity index (χ4v) is 3.80. The zero-order chi connectivity index (χ0) is 22.5. The van der Waals surface area contributed by atoms with Crippen LogP contribution in [-0.2, 0) is 13.0 Å². The van der Waals surface area contributed by atoms with Crippen LogP contribution >= 0.6 is 0 Å². The molecule has 0 aliphatic carbocycles. The third-order valence-electron chi connectivity index (χ3n) is 5.77. The molecule has 1 aromatic rings. The molecule has 1 aromatic heterocycles. The lowest BCUT2D eigenvalue weighted by molar-refractivity contribution is 0.0962. The van der Waals surface area contributed by atoms with Crippen LogP contribution in [0.3, 0.4) is 0 Å². The molecule has 0 radical (unpaired) electrons. The Morgan fingerprint density at radius 3 is 2.74 bits per heavy atom. The Kier molecular flexibility index (Phi) is 7.17. The van der Waals surface area contributed by atoms with Crippen LogP contribution < -0.4 is 5.32 Å². The van der Waals surface area contributed by atoms with Gasteiger partial charge in [0.1, 0.15) is 17.4 Å². The summed E-state index contributed by atoms with van der Waals surface area (Å²) in [6.07, 6.45) is 9.66. The number of pyridine rings is 1. The van der Waals surface area contributed by atoms with Crippen molar-refractivity contribution < 1.29 is 4.79 Å². The molecule has 0 atom stereocenters. The van der Waals surface area contributed by atoms with Gasteiger partial charge in [-0.15, -0.1) is 0 Å². The van der Waals surface area contributed by atoms with E-state index >= 15 is 0 Å². The first-order valence-corrected chi connectivity index (χ1v) is 10.8. The summed E-state index contributed by atoms with van der Waals surface area (Å²) in [5, 5.41) is 18.9. The van der Waals surface area contributed by atoms with Crippen molar-refractivity contribution in [1.29, 1.82) is 10.8 Å². The third kappa shape index (κ3) is 5.55. The summed E-state index contributed by atoms with van der Waals surface area (Å²) in [5.41, 5.74) is 3.97. The van der Waals surface area contributed by atoms with Gasteiger partial charge in [0.2, 0.25) is 0 Å². The van der Waals surface area contributed by atoms with Gasteiger partial charge in [-0.05, 0) is 62.5 Å². The number of nitrogens with one attached hydrogen (secondary N) is 3. The predicted octanol–water partition coefficient (Wildman–Crippen LogP) is 3.64. The number of fused-ring (bicyclic) bond motifs is 1. The second kappa shape index (κ2) is 9.83. The number of nitrogens with zero attached hydrogens (tertiary/aromatic N) is 3. The summed E-state index contributed by atoms with van der Waals surface area (Å²) in [6, 6.07) is 2.35. The Labute approximate surface area is 184 Å². The average Bonchev–Trinajstić information content (AvgIpc) is 3.17. The Morgan fingerprint density at radius 2 is 2.06 bits per heavy atom. The molecule has 3 N–H and O–H groups in total. The lowest BCUT2D eigenvalue weighted by Crippen LogP contribution is -2.36. The average molecular weight is 421 g/mol. The monoisotopic (exact) mass is 420 g/mol. The van der Waals surface area contributed by atoms with Gasteiger partial charge in [0, 0.05) is 44.0 Å². The van der Waals surface area contributed by atoms with E-state index in [2.05, 4.69) is 35.6 Å². The standard InChI is InChI=1S/C24H32N6O/c1-16(2)29-12-10-19-14-27-21(13-20(19)15-29)24(31)28-18(4)8-5-7-17(3)23(26)30-11-6-9-22(30)25/h5,7-8,13-14,16,25-26H,4,6,9-12,15H2,1-3H3,(H,28,31)/b8-5-,17-7+,25-22?,26-23?. The summed E-state index contributed by atoms with van der Waals surface area (Å²) in [7, 11) is 0. The molecular weight excluding hydrogens is 388 g/mol. The maximum atomic E-state index is 12.6. The summed E-state index contributed by atoms with van der Waals surface area (Å²) in [5.74, 6) is 0.557. The van der Waals surface area contributed by atoms with E-state index in [1.807, 2.05) is 19.2 Å². The van der Waals surface area contributed by atoms with Crippen LogP contribution in [-0.4, -0.2) is 51.5 Å². The molecule has 0 bridgehead atoms. The highest BCUT2D eigenvalue weighted by Gasteiger charge is 2.22. The van der Waals surface area contributed by atoms with Crippen LogP contribution in [0.4, 0.5) is 0 Å². The maximum Gasteiger partial charge on any atom is 0.274 e. The maximum absolute atomic E-state index is 12.6. The van der Waals surface area contributed by atoms with E-state index in [9.17, 15) is 4.79 Å². The number of carbonyl (C=O) groups excluding carboxylic acids is 1. The summed E-state index contributed by atoms with van der Waals surface area (Å²) >= 11 is 0. The molecule has 0 aromatic carbocycles.